The minimum atomic E-state index is 0. The number of benzene rings is 1. The molecule has 0 aliphatic heterocycles. The van der Waals surface area contributed by atoms with Crippen molar-refractivity contribution in [3.8, 4) is 0 Å². The Labute approximate surface area is 111 Å². The third-order valence-electron chi connectivity index (χ3n) is 1.85. The van der Waals surface area contributed by atoms with Crippen LogP contribution < -0.4 is 37.7 Å². The first-order valence-electron chi connectivity index (χ1n) is 4.03. The molecule has 0 aromatic heterocycles. The van der Waals surface area contributed by atoms with E-state index in [-0.39, 0.29) is 37.7 Å². The quantitative estimate of drug-likeness (QED) is 0.442. The van der Waals surface area contributed by atoms with Gasteiger partial charge in [0, 0.05) is 0 Å². The summed E-state index contributed by atoms with van der Waals surface area (Å²) >= 11 is 0. The zero-order chi connectivity index (χ0) is 9.14. The average Bonchev–Trinajstić information content (AvgIpc) is 2.04. The molecule has 14 heavy (non-hydrogen) atoms. The first kappa shape index (κ1) is 16.3. The van der Waals surface area contributed by atoms with Gasteiger partial charge in [-0.15, -0.1) is 0 Å². The maximum atomic E-state index is 3.93. The van der Waals surface area contributed by atoms with E-state index in [1.165, 1.54) is 11.1 Å². The van der Waals surface area contributed by atoms with Gasteiger partial charge >= 0.3 is 37.7 Å². The van der Waals surface area contributed by atoms with Crippen LogP contribution in [-0.4, -0.2) is 0 Å². The van der Waals surface area contributed by atoms with Crippen LogP contribution in [-0.2, 0) is 0 Å². The second kappa shape index (κ2) is 7.22. The SMILES string of the molecule is C=C(C)c1ccccc1C(=C)C.[Li+].[Li+]. The normalized spacial score (nSPS) is 8.14. The summed E-state index contributed by atoms with van der Waals surface area (Å²) in [6, 6.07) is 8.20. The second-order valence-corrected chi connectivity index (χ2v) is 3.11. The molecule has 62 valence electrons. The van der Waals surface area contributed by atoms with Crippen LogP contribution in [0.1, 0.15) is 25.0 Å². The zero-order valence-electron chi connectivity index (χ0n) is 9.72. The van der Waals surface area contributed by atoms with Crippen molar-refractivity contribution >= 4 is 11.1 Å². The smallest absolute Gasteiger partial charge is 0.0955 e. The number of hydrogen-bond donors (Lipinski definition) is 0. The molecular weight excluding hydrogens is 158 g/mol. The van der Waals surface area contributed by atoms with Crippen LogP contribution in [0, 0.1) is 0 Å². The molecule has 0 saturated heterocycles. The van der Waals surface area contributed by atoms with Crippen LogP contribution >= 0.6 is 0 Å². The van der Waals surface area contributed by atoms with Crippen molar-refractivity contribution in [2.45, 2.75) is 13.8 Å². The van der Waals surface area contributed by atoms with Crippen LogP contribution in [0.25, 0.3) is 11.1 Å². The summed E-state index contributed by atoms with van der Waals surface area (Å²) in [6.45, 7) is 11.9. The van der Waals surface area contributed by atoms with Crippen LogP contribution in [0.5, 0.6) is 0 Å². The predicted molar refractivity (Wildman–Crippen MR) is 55.9 cm³/mol. The van der Waals surface area contributed by atoms with Crippen LogP contribution in [0.3, 0.4) is 0 Å². The zero-order valence-corrected chi connectivity index (χ0v) is 9.72. The molecule has 1 aromatic rings. The van der Waals surface area contributed by atoms with Crippen LogP contribution in [0.15, 0.2) is 37.4 Å². The van der Waals surface area contributed by atoms with Gasteiger partial charge in [-0.2, -0.15) is 0 Å². The standard InChI is InChI=1S/C12H14.2Li/c1-9(2)11-7-5-6-8-12(11)10(3)4;;/h5-8H,1,3H2,2,4H3;;/q;2*+1. The van der Waals surface area contributed by atoms with Gasteiger partial charge in [0.05, 0.1) is 0 Å². The maximum Gasteiger partial charge on any atom is 1.00 e. The van der Waals surface area contributed by atoms with Crippen molar-refractivity contribution in [2.75, 3.05) is 0 Å². The van der Waals surface area contributed by atoms with Gasteiger partial charge in [-0.1, -0.05) is 48.6 Å². The first-order valence-corrected chi connectivity index (χ1v) is 4.03. The second-order valence-electron chi connectivity index (χ2n) is 3.11. The molecule has 0 N–H and O–H groups in total. The molecule has 0 saturated carbocycles. The number of allylic oxidation sites excluding steroid dienone is 2. The van der Waals surface area contributed by atoms with Crippen molar-refractivity contribution in [1.82, 2.24) is 0 Å². The van der Waals surface area contributed by atoms with E-state index in [2.05, 4.69) is 25.3 Å². The Hall–Kier alpha value is -0.105. The van der Waals surface area contributed by atoms with Gasteiger partial charge in [0.2, 0.25) is 0 Å². The molecule has 0 heterocycles. The molecule has 0 bridgehead atoms. The third-order valence-corrected chi connectivity index (χ3v) is 1.85. The molecule has 0 amide bonds. The number of hydrogen-bond acceptors (Lipinski definition) is 0. The molecule has 0 aliphatic rings. The van der Waals surface area contributed by atoms with Crippen molar-refractivity contribution in [1.29, 1.82) is 0 Å². The van der Waals surface area contributed by atoms with Gasteiger partial charge in [0.15, 0.2) is 0 Å². The van der Waals surface area contributed by atoms with Gasteiger partial charge in [0.25, 0.3) is 0 Å². The van der Waals surface area contributed by atoms with E-state index in [0.717, 1.165) is 11.1 Å². The summed E-state index contributed by atoms with van der Waals surface area (Å²) in [6.07, 6.45) is 0. The summed E-state index contributed by atoms with van der Waals surface area (Å²) in [5.74, 6) is 0. The topological polar surface area (TPSA) is 0 Å². The predicted octanol–water partition coefficient (Wildman–Crippen LogP) is -2.24. The molecule has 0 fully saturated rings. The molecule has 0 nitrogen and oxygen atoms in total. The van der Waals surface area contributed by atoms with E-state index in [4.69, 9.17) is 0 Å². The Bertz CT molecular complexity index is 294. The van der Waals surface area contributed by atoms with Crippen molar-refractivity contribution in [3.05, 3.63) is 48.6 Å². The minimum absolute atomic E-state index is 0. The van der Waals surface area contributed by atoms with Crippen molar-refractivity contribution in [3.63, 3.8) is 0 Å². The summed E-state index contributed by atoms with van der Waals surface area (Å²) in [7, 11) is 0. The molecular formula is C12H14Li2+2. The fourth-order valence-corrected chi connectivity index (χ4v) is 1.23. The Morgan fingerprint density at radius 1 is 0.857 bits per heavy atom. The summed E-state index contributed by atoms with van der Waals surface area (Å²) in [4.78, 5) is 0. The van der Waals surface area contributed by atoms with Crippen molar-refractivity contribution < 1.29 is 37.7 Å². The minimum Gasteiger partial charge on any atom is -0.0955 e. The Morgan fingerprint density at radius 3 is 1.36 bits per heavy atom. The Balaban J connectivity index is 0. The molecule has 0 atom stereocenters. The van der Waals surface area contributed by atoms with Gasteiger partial charge in [-0.25, -0.2) is 0 Å². The van der Waals surface area contributed by atoms with Crippen LogP contribution in [0.2, 0.25) is 0 Å². The Kier molecular flexibility index (Phi) is 8.42. The maximum absolute atomic E-state index is 3.93. The van der Waals surface area contributed by atoms with Crippen LogP contribution in [0.4, 0.5) is 0 Å². The van der Waals surface area contributed by atoms with E-state index in [9.17, 15) is 0 Å². The van der Waals surface area contributed by atoms with Gasteiger partial charge in [-0.3, -0.25) is 0 Å². The summed E-state index contributed by atoms with van der Waals surface area (Å²) in [5.41, 5.74) is 4.58. The van der Waals surface area contributed by atoms with E-state index in [1.54, 1.807) is 0 Å². The molecule has 0 aliphatic carbocycles. The first-order chi connectivity index (χ1) is 5.63. The fourth-order valence-electron chi connectivity index (χ4n) is 1.23. The van der Waals surface area contributed by atoms with E-state index in [1.807, 2.05) is 26.0 Å². The molecule has 0 unspecified atom stereocenters. The summed E-state index contributed by atoms with van der Waals surface area (Å²) < 4.78 is 0. The molecule has 0 radical (unpaired) electrons. The summed E-state index contributed by atoms with van der Waals surface area (Å²) in [5, 5.41) is 0. The van der Waals surface area contributed by atoms with Gasteiger partial charge in [-0.05, 0) is 25.0 Å². The number of rotatable bonds is 2. The Morgan fingerprint density at radius 2 is 1.14 bits per heavy atom. The van der Waals surface area contributed by atoms with E-state index >= 15 is 0 Å². The van der Waals surface area contributed by atoms with Gasteiger partial charge in [0.1, 0.15) is 0 Å². The van der Waals surface area contributed by atoms with E-state index < -0.39 is 0 Å². The largest absolute Gasteiger partial charge is 1.00 e. The van der Waals surface area contributed by atoms with E-state index in [0.29, 0.717) is 0 Å². The van der Waals surface area contributed by atoms with Crippen molar-refractivity contribution in [2.24, 2.45) is 0 Å². The molecule has 2 heteroatoms. The molecule has 1 rings (SSSR count). The van der Waals surface area contributed by atoms with Gasteiger partial charge < -0.3 is 0 Å². The third kappa shape index (κ3) is 3.95. The molecule has 0 spiro atoms. The monoisotopic (exact) mass is 172 g/mol. The fraction of sp³-hybridized carbons (Fsp3) is 0.167. The average molecular weight is 172 g/mol. The molecule has 1 aromatic carbocycles.